The highest BCUT2D eigenvalue weighted by Crippen LogP contribution is 2.44. The van der Waals surface area contributed by atoms with Gasteiger partial charge in [-0.3, -0.25) is 19.9 Å². The quantitative estimate of drug-likeness (QED) is 0.157. The molecular formula is C46H34N4. The van der Waals surface area contributed by atoms with Gasteiger partial charge in [-0.15, -0.1) is 0 Å². The van der Waals surface area contributed by atoms with Crippen LogP contribution in [0.4, 0.5) is 0 Å². The van der Waals surface area contributed by atoms with Crippen LogP contribution in [-0.2, 0) is 0 Å². The van der Waals surface area contributed by atoms with Crippen molar-refractivity contribution in [3.8, 4) is 44.5 Å². The molecule has 8 rings (SSSR count). The Balaban J connectivity index is 1.27. The Hall–Kier alpha value is -6.52. The van der Waals surface area contributed by atoms with Crippen LogP contribution in [0.1, 0.15) is 34.1 Å². The molecule has 0 fully saturated rings. The predicted octanol–water partition coefficient (Wildman–Crippen LogP) is 10.9. The first-order valence-corrected chi connectivity index (χ1v) is 16.8. The van der Waals surface area contributed by atoms with E-state index in [0.717, 1.165) is 22.3 Å². The van der Waals surface area contributed by atoms with Gasteiger partial charge in [-0.2, -0.15) is 0 Å². The minimum Gasteiger partial charge on any atom is -0.265 e. The van der Waals surface area contributed by atoms with Crippen LogP contribution >= 0.6 is 0 Å². The standard InChI is InChI=1S/C46H34N4/c1-9-41(10-2-33(1)37-17-25-47-26-18-37)45(42-11-3-34(4-12-42)38-19-27-48-28-20-38)46(43-13-5-35(6-14-43)39-21-29-49-30-22-39)44-15-7-36(8-16-44)40-23-31-50-32-24-40/h1-32,45-46H. The topological polar surface area (TPSA) is 51.6 Å². The van der Waals surface area contributed by atoms with Crippen molar-refractivity contribution in [2.45, 2.75) is 11.8 Å². The van der Waals surface area contributed by atoms with Crippen molar-refractivity contribution in [1.29, 1.82) is 0 Å². The maximum absolute atomic E-state index is 4.22. The van der Waals surface area contributed by atoms with Gasteiger partial charge in [-0.05, 0) is 115 Å². The Morgan fingerprint density at radius 2 is 0.360 bits per heavy atom. The third-order valence-electron chi connectivity index (χ3n) is 9.47. The van der Waals surface area contributed by atoms with Crippen LogP contribution < -0.4 is 0 Å². The smallest absolute Gasteiger partial charge is 0.0273 e. The van der Waals surface area contributed by atoms with Gasteiger partial charge in [0, 0.05) is 61.4 Å². The van der Waals surface area contributed by atoms with E-state index >= 15 is 0 Å². The molecule has 0 amide bonds. The molecule has 4 aromatic heterocycles. The highest BCUT2D eigenvalue weighted by atomic mass is 14.6. The molecule has 0 spiro atoms. The summed E-state index contributed by atoms with van der Waals surface area (Å²) in [5.74, 6) is 0.0676. The highest BCUT2D eigenvalue weighted by molar-refractivity contribution is 5.67. The summed E-state index contributed by atoms with van der Waals surface area (Å²) in [7, 11) is 0. The average molecular weight is 643 g/mol. The van der Waals surface area contributed by atoms with Crippen LogP contribution in [0.25, 0.3) is 44.5 Å². The molecule has 0 aliphatic rings. The Morgan fingerprint density at radius 3 is 0.540 bits per heavy atom. The van der Waals surface area contributed by atoms with E-state index in [4.69, 9.17) is 0 Å². The van der Waals surface area contributed by atoms with Crippen molar-refractivity contribution in [3.63, 3.8) is 0 Å². The van der Waals surface area contributed by atoms with E-state index in [1.54, 1.807) is 0 Å². The second kappa shape index (κ2) is 14.3. The van der Waals surface area contributed by atoms with Crippen molar-refractivity contribution in [2.75, 3.05) is 0 Å². The molecule has 0 radical (unpaired) electrons. The third kappa shape index (κ3) is 6.60. The van der Waals surface area contributed by atoms with Gasteiger partial charge in [0.2, 0.25) is 0 Å². The van der Waals surface area contributed by atoms with Crippen molar-refractivity contribution in [1.82, 2.24) is 19.9 Å². The van der Waals surface area contributed by atoms with Gasteiger partial charge < -0.3 is 0 Å². The van der Waals surface area contributed by atoms with Crippen LogP contribution in [-0.4, -0.2) is 19.9 Å². The third-order valence-corrected chi connectivity index (χ3v) is 9.47. The second-order valence-corrected chi connectivity index (χ2v) is 12.4. The van der Waals surface area contributed by atoms with Gasteiger partial charge in [-0.1, -0.05) is 97.1 Å². The molecule has 4 nitrogen and oxygen atoms in total. The molecule has 0 unspecified atom stereocenters. The molecule has 0 aliphatic carbocycles. The van der Waals surface area contributed by atoms with Gasteiger partial charge in [0.25, 0.3) is 0 Å². The summed E-state index contributed by atoms with van der Waals surface area (Å²) >= 11 is 0. The van der Waals surface area contributed by atoms with Crippen LogP contribution in [0.2, 0.25) is 0 Å². The first-order valence-electron chi connectivity index (χ1n) is 16.8. The van der Waals surface area contributed by atoms with Gasteiger partial charge in [0.05, 0.1) is 0 Å². The number of benzene rings is 4. The van der Waals surface area contributed by atoms with E-state index in [9.17, 15) is 0 Å². The van der Waals surface area contributed by atoms with E-state index in [-0.39, 0.29) is 11.8 Å². The minimum atomic E-state index is 0.0338. The Morgan fingerprint density at radius 1 is 0.200 bits per heavy atom. The minimum absolute atomic E-state index is 0.0338. The summed E-state index contributed by atoms with van der Waals surface area (Å²) in [5.41, 5.74) is 14.3. The van der Waals surface area contributed by atoms with Gasteiger partial charge in [0.15, 0.2) is 0 Å². The van der Waals surface area contributed by atoms with Gasteiger partial charge in [0.1, 0.15) is 0 Å². The maximum Gasteiger partial charge on any atom is 0.0273 e. The fourth-order valence-corrected chi connectivity index (χ4v) is 6.86. The van der Waals surface area contributed by atoms with E-state index in [0.29, 0.717) is 0 Å². The highest BCUT2D eigenvalue weighted by Gasteiger charge is 2.29. The molecule has 8 aromatic rings. The number of rotatable bonds is 9. The summed E-state index contributed by atoms with van der Waals surface area (Å²) in [6, 6.07) is 52.7. The summed E-state index contributed by atoms with van der Waals surface area (Å²) in [4.78, 5) is 16.9. The molecule has 0 aliphatic heterocycles. The lowest BCUT2D eigenvalue weighted by Crippen LogP contribution is -2.15. The fourth-order valence-electron chi connectivity index (χ4n) is 6.86. The second-order valence-electron chi connectivity index (χ2n) is 12.4. The fraction of sp³-hybridized carbons (Fsp3) is 0.0435. The SMILES string of the molecule is c1cc(-c2ccc(C(c3ccc(-c4ccncc4)cc3)C(c3ccc(-c4ccncc4)cc3)c3ccc(-c4ccncc4)cc3)cc2)ccn1. The Kier molecular flexibility index (Phi) is 8.81. The molecule has 0 N–H and O–H groups in total. The summed E-state index contributed by atoms with van der Waals surface area (Å²) in [6.07, 6.45) is 14.8. The molecule has 0 bridgehead atoms. The number of aromatic nitrogens is 4. The molecule has 0 atom stereocenters. The average Bonchev–Trinajstić information content (AvgIpc) is 3.22. The summed E-state index contributed by atoms with van der Waals surface area (Å²) in [5, 5.41) is 0. The molecule has 4 aromatic carbocycles. The molecule has 0 saturated heterocycles. The van der Waals surface area contributed by atoms with Crippen LogP contribution in [0, 0.1) is 0 Å². The molecule has 4 heteroatoms. The number of hydrogen-bond acceptors (Lipinski definition) is 4. The van der Waals surface area contributed by atoms with E-state index in [2.05, 4.69) is 166 Å². The molecule has 0 saturated carbocycles. The van der Waals surface area contributed by atoms with E-state index in [1.165, 1.54) is 44.5 Å². The van der Waals surface area contributed by atoms with Crippen LogP contribution in [0.3, 0.4) is 0 Å². The monoisotopic (exact) mass is 642 g/mol. The number of pyridine rings is 4. The first kappa shape index (κ1) is 30.8. The zero-order valence-electron chi connectivity index (χ0n) is 27.4. The van der Waals surface area contributed by atoms with Gasteiger partial charge >= 0.3 is 0 Å². The molecular weight excluding hydrogens is 609 g/mol. The van der Waals surface area contributed by atoms with Crippen LogP contribution in [0.15, 0.2) is 195 Å². The lowest BCUT2D eigenvalue weighted by molar-refractivity contribution is 0.694. The van der Waals surface area contributed by atoms with Gasteiger partial charge in [-0.25, -0.2) is 0 Å². The Bertz CT molecular complexity index is 1920. The molecule has 4 heterocycles. The van der Waals surface area contributed by atoms with Crippen molar-refractivity contribution in [3.05, 3.63) is 217 Å². The Labute approximate surface area is 292 Å². The summed E-state index contributed by atoms with van der Waals surface area (Å²) < 4.78 is 0. The summed E-state index contributed by atoms with van der Waals surface area (Å²) in [6.45, 7) is 0. The lowest BCUT2D eigenvalue weighted by atomic mass is 9.73. The lowest BCUT2D eigenvalue weighted by Gasteiger charge is -2.30. The van der Waals surface area contributed by atoms with Crippen molar-refractivity contribution in [2.24, 2.45) is 0 Å². The predicted molar refractivity (Wildman–Crippen MR) is 202 cm³/mol. The van der Waals surface area contributed by atoms with Crippen molar-refractivity contribution < 1.29 is 0 Å². The molecule has 50 heavy (non-hydrogen) atoms. The molecule has 238 valence electrons. The number of hydrogen-bond donors (Lipinski definition) is 0. The number of nitrogens with zero attached hydrogens (tertiary/aromatic N) is 4. The van der Waals surface area contributed by atoms with Crippen LogP contribution in [0.5, 0.6) is 0 Å². The van der Waals surface area contributed by atoms with E-state index < -0.39 is 0 Å². The maximum atomic E-state index is 4.22. The van der Waals surface area contributed by atoms with Crippen molar-refractivity contribution >= 4 is 0 Å². The zero-order valence-corrected chi connectivity index (χ0v) is 27.4. The normalized spacial score (nSPS) is 11.2. The largest absolute Gasteiger partial charge is 0.265 e. The first-order chi connectivity index (χ1) is 24.8. The van der Waals surface area contributed by atoms with E-state index in [1.807, 2.05) is 49.6 Å². The zero-order chi connectivity index (χ0) is 33.5.